The number of cyclic esters (lactones) is 1. The van der Waals surface area contributed by atoms with E-state index in [0.29, 0.717) is 28.9 Å². The molecule has 1 saturated heterocycles. The van der Waals surface area contributed by atoms with Crippen LogP contribution in [-0.4, -0.2) is 53.5 Å². The minimum atomic E-state index is -0.713. The molecule has 3 N–H and O–H groups in total. The van der Waals surface area contributed by atoms with Crippen molar-refractivity contribution >= 4 is 22.9 Å². The van der Waals surface area contributed by atoms with Crippen LogP contribution in [0.5, 0.6) is 11.5 Å². The molecule has 2 aromatic carbocycles. The predicted molar refractivity (Wildman–Crippen MR) is 130 cm³/mol. The van der Waals surface area contributed by atoms with Gasteiger partial charge in [-0.25, -0.2) is 15.3 Å². The van der Waals surface area contributed by atoms with Crippen LogP contribution in [0.3, 0.4) is 0 Å². The summed E-state index contributed by atoms with van der Waals surface area (Å²) in [6.07, 6.45) is 2.36. The fourth-order valence-electron chi connectivity index (χ4n) is 4.04. The third kappa shape index (κ3) is 4.49. The van der Waals surface area contributed by atoms with Gasteiger partial charge in [0.25, 0.3) is 5.91 Å². The van der Waals surface area contributed by atoms with Crippen LogP contribution < -0.4 is 20.3 Å². The third-order valence-corrected chi connectivity index (χ3v) is 5.80. The Balaban J connectivity index is 1.40. The second kappa shape index (κ2) is 9.88. The van der Waals surface area contributed by atoms with Crippen molar-refractivity contribution in [2.45, 2.75) is 6.10 Å². The van der Waals surface area contributed by atoms with Crippen LogP contribution in [0.15, 0.2) is 67.0 Å². The largest absolute Gasteiger partial charge is 0.494 e. The summed E-state index contributed by atoms with van der Waals surface area (Å²) < 4.78 is 16.3. The van der Waals surface area contributed by atoms with Crippen molar-refractivity contribution in [3.8, 4) is 33.9 Å². The lowest BCUT2D eigenvalue weighted by molar-refractivity contribution is 0.0705. The molecule has 182 valence electrons. The average Bonchev–Trinajstić information content (AvgIpc) is 3.35. The predicted octanol–water partition coefficient (Wildman–Crippen LogP) is 3.58. The van der Waals surface area contributed by atoms with Gasteiger partial charge >= 0.3 is 6.09 Å². The summed E-state index contributed by atoms with van der Waals surface area (Å²) in [5, 5.41) is 12.3. The first-order chi connectivity index (χ1) is 17.6. The van der Waals surface area contributed by atoms with Gasteiger partial charge in [-0.1, -0.05) is 36.4 Å². The van der Waals surface area contributed by atoms with Crippen molar-refractivity contribution in [3.63, 3.8) is 0 Å². The minimum Gasteiger partial charge on any atom is -0.494 e. The van der Waals surface area contributed by atoms with Crippen molar-refractivity contribution in [1.29, 1.82) is 0 Å². The van der Waals surface area contributed by atoms with Gasteiger partial charge in [0, 0.05) is 23.3 Å². The number of rotatable bonds is 7. The lowest BCUT2D eigenvalue weighted by Crippen LogP contribution is -2.21. The van der Waals surface area contributed by atoms with E-state index in [9.17, 15) is 14.8 Å². The van der Waals surface area contributed by atoms with E-state index < -0.39 is 12.0 Å². The van der Waals surface area contributed by atoms with Gasteiger partial charge in [-0.05, 0) is 29.3 Å². The number of hydrogen-bond donors (Lipinski definition) is 3. The van der Waals surface area contributed by atoms with E-state index in [1.807, 2.05) is 48.5 Å². The van der Waals surface area contributed by atoms with Crippen molar-refractivity contribution in [1.82, 2.24) is 20.8 Å². The quantitative estimate of drug-likeness (QED) is 0.267. The van der Waals surface area contributed by atoms with Crippen LogP contribution in [0.4, 0.5) is 4.79 Å². The molecule has 0 saturated carbocycles. The van der Waals surface area contributed by atoms with Gasteiger partial charge in [-0.3, -0.25) is 15.0 Å². The molecule has 1 aliphatic rings. The van der Waals surface area contributed by atoms with Crippen LogP contribution in [-0.2, 0) is 4.74 Å². The van der Waals surface area contributed by atoms with Crippen molar-refractivity contribution in [2.24, 2.45) is 0 Å². The monoisotopic (exact) mass is 486 g/mol. The van der Waals surface area contributed by atoms with Crippen LogP contribution in [0.25, 0.3) is 33.3 Å². The van der Waals surface area contributed by atoms with Gasteiger partial charge in [-0.15, -0.1) is 0 Å². The summed E-state index contributed by atoms with van der Waals surface area (Å²) in [7, 11) is 1.45. The Bertz CT molecular complexity index is 1420. The van der Waals surface area contributed by atoms with Crippen LogP contribution in [0.2, 0.25) is 0 Å². The van der Waals surface area contributed by atoms with Crippen molar-refractivity contribution < 1.29 is 29.0 Å². The molecule has 36 heavy (non-hydrogen) atoms. The first kappa shape index (κ1) is 23.1. The first-order valence-electron chi connectivity index (χ1n) is 11.1. The topological polar surface area (TPSA) is 132 Å². The number of fused-ring (bicyclic) bond motifs is 1. The maximum atomic E-state index is 12.5. The Hall–Kier alpha value is -4.70. The Kier molecular flexibility index (Phi) is 6.33. The highest BCUT2D eigenvalue weighted by Gasteiger charge is 2.24. The van der Waals surface area contributed by atoms with Crippen LogP contribution >= 0.6 is 0 Å². The normalized spacial score (nSPS) is 14.7. The highest BCUT2D eigenvalue weighted by molar-refractivity contribution is 6.09. The number of benzene rings is 2. The van der Waals surface area contributed by atoms with Gasteiger partial charge in [-0.2, -0.15) is 0 Å². The van der Waals surface area contributed by atoms with Crippen molar-refractivity contribution in [2.75, 3.05) is 20.3 Å². The van der Waals surface area contributed by atoms with Gasteiger partial charge in [0.2, 0.25) is 0 Å². The average molecular weight is 486 g/mol. The van der Waals surface area contributed by atoms with E-state index in [2.05, 4.69) is 15.3 Å². The highest BCUT2D eigenvalue weighted by Crippen LogP contribution is 2.36. The third-order valence-electron chi connectivity index (χ3n) is 5.80. The molecule has 1 aliphatic heterocycles. The number of nitrogens with zero attached hydrogens (tertiary/aromatic N) is 2. The zero-order valence-electron chi connectivity index (χ0n) is 19.2. The standard InChI is InChI=1S/C26H22N4O6/c1-34-24-22(25(31)30-33)20-13-27-11-10-21(20)29-23(24)17-4-2-15(3-5-17)16-6-8-18(9-7-16)35-14-19-12-28-26(32)36-19/h2-11,13,19,33H,12,14H2,1H3,(H,28,32)(H,30,31). The van der Waals surface area contributed by atoms with Gasteiger partial charge < -0.3 is 19.5 Å². The van der Waals surface area contributed by atoms with Crippen molar-refractivity contribution in [3.05, 3.63) is 72.6 Å². The van der Waals surface area contributed by atoms with Gasteiger partial charge in [0.1, 0.15) is 18.1 Å². The molecule has 2 amide bonds. The number of pyridine rings is 2. The molecule has 0 aliphatic carbocycles. The molecule has 1 fully saturated rings. The lowest BCUT2D eigenvalue weighted by atomic mass is 10.00. The molecule has 1 atom stereocenters. The number of hydrogen-bond acceptors (Lipinski definition) is 8. The Morgan fingerprint density at radius 3 is 2.44 bits per heavy atom. The molecule has 4 aromatic rings. The molecular formula is C26H22N4O6. The summed E-state index contributed by atoms with van der Waals surface area (Å²) in [4.78, 5) is 32.3. The number of amides is 2. The Labute approximate surface area is 205 Å². The van der Waals surface area contributed by atoms with Crippen LogP contribution in [0.1, 0.15) is 10.4 Å². The number of carbonyl (C=O) groups excluding carboxylic acids is 2. The number of methoxy groups -OCH3 is 1. The van der Waals surface area contributed by atoms with Gasteiger partial charge in [0.15, 0.2) is 11.9 Å². The summed E-state index contributed by atoms with van der Waals surface area (Å²) in [6.45, 7) is 0.711. The van der Waals surface area contributed by atoms with Crippen LogP contribution in [0, 0.1) is 0 Å². The molecule has 0 radical (unpaired) electrons. The maximum Gasteiger partial charge on any atom is 0.407 e. The maximum absolute atomic E-state index is 12.5. The highest BCUT2D eigenvalue weighted by atomic mass is 16.6. The molecular weight excluding hydrogens is 464 g/mol. The lowest BCUT2D eigenvalue weighted by Gasteiger charge is -2.15. The number of carbonyl (C=O) groups is 2. The van der Waals surface area contributed by atoms with Gasteiger partial charge in [0.05, 0.1) is 24.7 Å². The Morgan fingerprint density at radius 1 is 1.11 bits per heavy atom. The molecule has 10 nitrogen and oxygen atoms in total. The molecule has 10 heteroatoms. The summed E-state index contributed by atoms with van der Waals surface area (Å²) in [6, 6.07) is 16.9. The van der Waals surface area contributed by atoms with E-state index in [0.717, 1.165) is 16.7 Å². The second-order valence-electron chi connectivity index (χ2n) is 8.02. The molecule has 0 bridgehead atoms. The molecule has 0 spiro atoms. The number of nitrogens with one attached hydrogen (secondary N) is 2. The number of hydroxylamine groups is 1. The zero-order valence-corrected chi connectivity index (χ0v) is 19.2. The number of aromatic nitrogens is 2. The SMILES string of the molecule is COc1c(-c2ccc(-c3ccc(OCC4CNC(=O)O4)cc3)cc2)nc2ccncc2c1C(=O)NO. The number of alkyl carbamates (subject to hydrolysis) is 1. The van der Waals surface area contributed by atoms with E-state index in [4.69, 9.17) is 14.2 Å². The van der Waals surface area contributed by atoms with E-state index in [-0.39, 0.29) is 24.0 Å². The summed E-state index contributed by atoms with van der Waals surface area (Å²) in [5.74, 6) is 0.196. The smallest absolute Gasteiger partial charge is 0.407 e. The molecule has 1 unspecified atom stereocenters. The van der Waals surface area contributed by atoms with E-state index in [1.54, 1.807) is 17.7 Å². The Morgan fingerprint density at radius 2 is 1.81 bits per heavy atom. The fourth-order valence-corrected chi connectivity index (χ4v) is 4.04. The fraction of sp³-hybridized carbons (Fsp3) is 0.154. The number of ether oxygens (including phenoxy) is 3. The zero-order chi connectivity index (χ0) is 25.1. The van der Waals surface area contributed by atoms with E-state index in [1.165, 1.54) is 13.3 Å². The summed E-state index contributed by atoms with van der Waals surface area (Å²) in [5.41, 5.74) is 5.52. The first-order valence-corrected chi connectivity index (χ1v) is 11.1. The van der Waals surface area contributed by atoms with E-state index >= 15 is 0 Å². The molecule has 5 rings (SSSR count). The second-order valence-corrected chi connectivity index (χ2v) is 8.02. The molecule has 2 aromatic heterocycles. The minimum absolute atomic E-state index is 0.149. The summed E-state index contributed by atoms with van der Waals surface area (Å²) >= 11 is 0. The molecule has 3 heterocycles.